The van der Waals surface area contributed by atoms with Gasteiger partial charge in [-0.15, -0.1) is 0 Å². The molecule has 0 aromatic carbocycles. The van der Waals surface area contributed by atoms with Crippen LogP contribution >= 0.6 is 0 Å². The van der Waals surface area contributed by atoms with Crippen LogP contribution in [0, 0.1) is 0 Å². The van der Waals surface area contributed by atoms with E-state index in [1.54, 1.807) is 0 Å². The lowest BCUT2D eigenvalue weighted by molar-refractivity contribution is -0.146. The lowest BCUT2D eigenvalue weighted by Crippen LogP contribution is -2.26. The van der Waals surface area contributed by atoms with Gasteiger partial charge < -0.3 is 15.6 Å². The molecule has 17 heavy (non-hydrogen) atoms. The number of aliphatic hydroxyl groups is 1. The first-order valence-electron chi connectivity index (χ1n) is 6.74. The molecule has 0 bridgehead atoms. The molecule has 0 spiro atoms. The molecular formula is C13H27NO3. The highest BCUT2D eigenvalue weighted by atomic mass is 16.5. The molecule has 0 saturated heterocycles. The molecule has 1 unspecified atom stereocenters. The van der Waals surface area contributed by atoms with Crippen LogP contribution < -0.4 is 5.73 Å². The Morgan fingerprint density at radius 1 is 1.18 bits per heavy atom. The topological polar surface area (TPSA) is 72.5 Å². The van der Waals surface area contributed by atoms with Crippen LogP contribution in [-0.4, -0.2) is 30.3 Å². The maximum Gasteiger partial charge on any atom is 0.305 e. The number of rotatable bonds is 11. The Kier molecular flexibility index (Phi) is 11.4. The Balaban J connectivity index is 3.22. The lowest BCUT2D eigenvalue weighted by Gasteiger charge is -2.08. The Hall–Kier alpha value is -0.610. The van der Waals surface area contributed by atoms with Crippen molar-refractivity contribution in [2.45, 2.75) is 64.4 Å². The Morgan fingerprint density at radius 2 is 1.76 bits per heavy atom. The minimum absolute atomic E-state index is 0.0197. The van der Waals surface area contributed by atoms with Crippen LogP contribution in [0.2, 0.25) is 0 Å². The smallest absolute Gasteiger partial charge is 0.305 e. The molecule has 0 aliphatic rings. The highest BCUT2D eigenvalue weighted by molar-refractivity contribution is 5.69. The number of esters is 1. The number of hydrogen-bond acceptors (Lipinski definition) is 4. The third kappa shape index (κ3) is 11.6. The third-order valence-electron chi connectivity index (χ3n) is 2.69. The molecule has 0 rings (SSSR count). The normalized spacial score (nSPS) is 12.4. The fourth-order valence-corrected chi connectivity index (χ4v) is 1.56. The van der Waals surface area contributed by atoms with Crippen molar-refractivity contribution in [1.82, 2.24) is 0 Å². The molecule has 4 heteroatoms. The molecule has 0 radical (unpaired) electrons. The van der Waals surface area contributed by atoms with Crippen LogP contribution in [0.3, 0.4) is 0 Å². The van der Waals surface area contributed by atoms with Crippen molar-refractivity contribution in [3.8, 4) is 0 Å². The molecule has 0 heterocycles. The molecule has 0 aliphatic carbocycles. The highest BCUT2D eigenvalue weighted by Crippen LogP contribution is 2.08. The summed E-state index contributed by atoms with van der Waals surface area (Å²) in [6, 6.07) is 0. The summed E-state index contributed by atoms with van der Waals surface area (Å²) in [5.74, 6) is -0.231. The monoisotopic (exact) mass is 245 g/mol. The first kappa shape index (κ1) is 16.4. The summed E-state index contributed by atoms with van der Waals surface area (Å²) >= 11 is 0. The number of aliphatic hydroxyl groups excluding tert-OH is 1. The van der Waals surface area contributed by atoms with E-state index in [1.807, 2.05) is 0 Å². The van der Waals surface area contributed by atoms with E-state index in [4.69, 9.17) is 15.6 Å². The highest BCUT2D eigenvalue weighted by Gasteiger charge is 2.06. The van der Waals surface area contributed by atoms with Crippen molar-refractivity contribution >= 4 is 5.97 Å². The summed E-state index contributed by atoms with van der Waals surface area (Å²) in [6.45, 7) is 2.35. The summed E-state index contributed by atoms with van der Waals surface area (Å²) in [6.07, 6.45) is 7.99. The second kappa shape index (κ2) is 11.9. The largest absolute Gasteiger partial charge is 0.463 e. The van der Waals surface area contributed by atoms with E-state index in [9.17, 15) is 4.79 Å². The van der Waals surface area contributed by atoms with Crippen molar-refractivity contribution in [3.05, 3.63) is 0 Å². The maximum atomic E-state index is 11.2. The van der Waals surface area contributed by atoms with Crippen molar-refractivity contribution in [1.29, 1.82) is 0 Å². The van der Waals surface area contributed by atoms with Crippen LogP contribution in [0.1, 0.15) is 58.3 Å². The number of carbonyl (C=O) groups excluding carboxylic acids is 1. The van der Waals surface area contributed by atoms with Gasteiger partial charge in [-0.25, -0.2) is 0 Å². The molecule has 1 atom stereocenters. The SMILES string of the molecule is CCCCCCCCCC(=O)OCC(O)CN. The minimum atomic E-state index is -0.729. The molecule has 4 nitrogen and oxygen atoms in total. The molecule has 0 amide bonds. The van der Waals surface area contributed by atoms with Gasteiger partial charge >= 0.3 is 5.97 Å². The van der Waals surface area contributed by atoms with Crippen molar-refractivity contribution in [2.75, 3.05) is 13.2 Å². The van der Waals surface area contributed by atoms with E-state index in [0.29, 0.717) is 6.42 Å². The van der Waals surface area contributed by atoms with Crippen molar-refractivity contribution in [3.63, 3.8) is 0 Å². The fraction of sp³-hybridized carbons (Fsp3) is 0.923. The predicted octanol–water partition coefficient (Wildman–Crippen LogP) is 1.99. The minimum Gasteiger partial charge on any atom is -0.463 e. The van der Waals surface area contributed by atoms with E-state index in [2.05, 4.69) is 6.92 Å². The van der Waals surface area contributed by atoms with Crippen molar-refractivity contribution < 1.29 is 14.6 Å². The van der Waals surface area contributed by atoms with Gasteiger partial charge in [0.15, 0.2) is 0 Å². The molecular weight excluding hydrogens is 218 g/mol. The van der Waals surface area contributed by atoms with Gasteiger partial charge in [-0.1, -0.05) is 45.4 Å². The van der Waals surface area contributed by atoms with Gasteiger partial charge in [-0.05, 0) is 6.42 Å². The van der Waals surface area contributed by atoms with E-state index >= 15 is 0 Å². The molecule has 0 fully saturated rings. The molecule has 102 valence electrons. The molecule has 0 saturated carbocycles. The van der Waals surface area contributed by atoms with Crippen LogP contribution in [0.15, 0.2) is 0 Å². The van der Waals surface area contributed by atoms with Crippen LogP contribution in [-0.2, 0) is 9.53 Å². The molecule has 3 N–H and O–H groups in total. The zero-order valence-corrected chi connectivity index (χ0v) is 11.0. The van der Waals surface area contributed by atoms with Gasteiger partial charge in [-0.2, -0.15) is 0 Å². The van der Waals surface area contributed by atoms with Crippen molar-refractivity contribution in [2.24, 2.45) is 5.73 Å². The summed E-state index contributed by atoms with van der Waals surface area (Å²) < 4.78 is 4.87. The van der Waals surface area contributed by atoms with E-state index in [-0.39, 0.29) is 19.1 Å². The van der Waals surface area contributed by atoms with E-state index in [0.717, 1.165) is 12.8 Å². The molecule has 0 aliphatic heterocycles. The quantitative estimate of drug-likeness (QED) is 0.431. The third-order valence-corrected chi connectivity index (χ3v) is 2.69. The van der Waals surface area contributed by atoms with Gasteiger partial charge in [0.05, 0.1) is 0 Å². The maximum absolute atomic E-state index is 11.2. The van der Waals surface area contributed by atoms with Gasteiger partial charge in [0.2, 0.25) is 0 Å². The van der Waals surface area contributed by atoms with E-state index in [1.165, 1.54) is 32.1 Å². The number of nitrogens with two attached hydrogens (primary N) is 1. The van der Waals surface area contributed by atoms with Crippen LogP contribution in [0.25, 0.3) is 0 Å². The summed E-state index contributed by atoms with van der Waals surface area (Å²) in [7, 11) is 0. The number of hydrogen-bond donors (Lipinski definition) is 2. The molecule has 0 aromatic rings. The van der Waals surface area contributed by atoms with Gasteiger partial charge in [0.25, 0.3) is 0 Å². The second-order valence-corrected chi connectivity index (χ2v) is 4.44. The van der Waals surface area contributed by atoms with Gasteiger partial charge in [0.1, 0.15) is 12.7 Å². The fourth-order valence-electron chi connectivity index (χ4n) is 1.56. The van der Waals surface area contributed by atoms with Crippen LogP contribution in [0.4, 0.5) is 0 Å². The van der Waals surface area contributed by atoms with Crippen LogP contribution in [0.5, 0.6) is 0 Å². The average Bonchev–Trinajstić information content (AvgIpc) is 2.34. The zero-order chi connectivity index (χ0) is 12.9. The first-order valence-corrected chi connectivity index (χ1v) is 6.74. The first-order chi connectivity index (χ1) is 8.20. The van der Waals surface area contributed by atoms with Gasteiger partial charge in [0, 0.05) is 13.0 Å². The number of unbranched alkanes of at least 4 members (excludes halogenated alkanes) is 6. The Morgan fingerprint density at radius 3 is 2.35 bits per heavy atom. The van der Waals surface area contributed by atoms with E-state index < -0.39 is 6.10 Å². The second-order valence-electron chi connectivity index (χ2n) is 4.44. The summed E-state index contributed by atoms with van der Waals surface area (Å²) in [4.78, 5) is 11.2. The predicted molar refractivity (Wildman–Crippen MR) is 68.6 cm³/mol. The average molecular weight is 245 g/mol. The van der Waals surface area contributed by atoms with Gasteiger partial charge in [-0.3, -0.25) is 4.79 Å². The Bertz CT molecular complexity index is 186. The number of ether oxygens (including phenoxy) is 1. The lowest BCUT2D eigenvalue weighted by atomic mass is 10.1. The zero-order valence-electron chi connectivity index (χ0n) is 11.0. The molecule has 0 aromatic heterocycles. The Labute approximate surface area is 105 Å². The summed E-state index contributed by atoms with van der Waals surface area (Å²) in [5, 5.41) is 9.10. The summed E-state index contributed by atoms with van der Waals surface area (Å²) in [5.41, 5.74) is 5.20. The number of carbonyl (C=O) groups is 1. The standard InChI is InChI=1S/C13H27NO3/c1-2-3-4-5-6-7-8-9-13(16)17-11-12(15)10-14/h12,15H,2-11,14H2,1H3.